The van der Waals surface area contributed by atoms with Gasteiger partial charge in [0.25, 0.3) is 7.82 Å². The molecule has 9 nitrogen and oxygen atoms in total. The number of rotatable bonds is 25. The number of esters is 2. The van der Waals surface area contributed by atoms with Gasteiger partial charge in [-0.05, 0) is 6.42 Å². The topological polar surface area (TPSA) is 111 Å². The molecular formula is C27H54NO8P. The van der Waals surface area contributed by atoms with Crippen LogP contribution in [-0.2, 0) is 32.7 Å². The second-order valence-corrected chi connectivity index (χ2v) is 12.1. The average molecular weight is 552 g/mol. The van der Waals surface area contributed by atoms with Gasteiger partial charge >= 0.3 is 11.9 Å². The van der Waals surface area contributed by atoms with E-state index in [-0.39, 0.29) is 26.1 Å². The van der Waals surface area contributed by atoms with E-state index in [1.165, 1.54) is 64.2 Å². The minimum Gasteiger partial charge on any atom is -0.756 e. The molecule has 0 aliphatic heterocycles. The molecule has 0 heterocycles. The van der Waals surface area contributed by atoms with Crippen molar-refractivity contribution in [2.45, 2.75) is 116 Å². The summed E-state index contributed by atoms with van der Waals surface area (Å²) in [6, 6.07) is 0. The number of carbonyl (C=O) groups is 2. The highest BCUT2D eigenvalue weighted by atomic mass is 31.2. The van der Waals surface area contributed by atoms with Crippen LogP contribution in [0.15, 0.2) is 0 Å². The summed E-state index contributed by atoms with van der Waals surface area (Å²) < 4.78 is 32.7. The van der Waals surface area contributed by atoms with Crippen LogP contribution in [0.2, 0.25) is 0 Å². The van der Waals surface area contributed by atoms with E-state index in [0.29, 0.717) is 17.4 Å². The van der Waals surface area contributed by atoms with Crippen molar-refractivity contribution in [1.82, 2.24) is 0 Å². The molecule has 0 aliphatic carbocycles. The number of carbonyl (C=O) groups excluding carboxylic acids is 2. The van der Waals surface area contributed by atoms with Crippen molar-refractivity contribution in [2.75, 3.05) is 47.5 Å². The number of phosphoric ester groups is 1. The number of hydrogen-bond donors (Lipinski definition) is 0. The molecule has 0 aromatic carbocycles. The molecule has 0 spiro atoms. The zero-order chi connectivity index (χ0) is 28.0. The Labute approximate surface area is 225 Å². The van der Waals surface area contributed by atoms with Gasteiger partial charge in [-0.15, -0.1) is 0 Å². The minimum absolute atomic E-state index is 0.0292. The zero-order valence-electron chi connectivity index (χ0n) is 24.2. The average Bonchev–Trinajstić information content (AvgIpc) is 2.82. The third kappa shape index (κ3) is 25.1. The minimum atomic E-state index is -4.57. The van der Waals surface area contributed by atoms with E-state index in [0.717, 1.165) is 12.8 Å². The van der Waals surface area contributed by atoms with Gasteiger partial charge in [0, 0.05) is 12.8 Å². The molecule has 2 atom stereocenters. The van der Waals surface area contributed by atoms with Crippen LogP contribution in [0.3, 0.4) is 0 Å². The first kappa shape index (κ1) is 36.0. The smallest absolute Gasteiger partial charge is 0.306 e. The number of nitrogens with zero attached hydrogens (tertiary/aromatic N) is 1. The maximum atomic E-state index is 12.3. The van der Waals surface area contributed by atoms with Crippen molar-refractivity contribution in [3.8, 4) is 0 Å². The molecule has 0 aromatic rings. The Bertz CT molecular complexity index is 638. The normalized spacial score (nSPS) is 14.2. The molecule has 37 heavy (non-hydrogen) atoms. The molecule has 0 rings (SSSR count). The Morgan fingerprint density at radius 3 is 1.76 bits per heavy atom. The molecule has 0 aromatic heterocycles. The predicted octanol–water partition coefficient (Wildman–Crippen LogP) is 5.54. The predicted molar refractivity (Wildman–Crippen MR) is 144 cm³/mol. The first-order valence-corrected chi connectivity index (χ1v) is 15.7. The Balaban J connectivity index is 4.17. The van der Waals surface area contributed by atoms with E-state index >= 15 is 0 Å². The maximum Gasteiger partial charge on any atom is 0.306 e. The second kappa shape index (κ2) is 21.9. The van der Waals surface area contributed by atoms with Crippen LogP contribution in [0.1, 0.15) is 110 Å². The van der Waals surface area contributed by atoms with Crippen molar-refractivity contribution in [2.24, 2.45) is 0 Å². The largest absolute Gasteiger partial charge is 0.756 e. The van der Waals surface area contributed by atoms with E-state index in [1.807, 2.05) is 21.1 Å². The van der Waals surface area contributed by atoms with Gasteiger partial charge in [-0.25, -0.2) is 0 Å². The first-order valence-electron chi connectivity index (χ1n) is 14.2. The molecular weight excluding hydrogens is 497 g/mol. The highest BCUT2D eigenvalue weighted by molar-refractivity contribution is 7.45. The van der Waals surface area contributed by atoms with Crippen LogP contribution in [-0.4, -0.2) is 70.0 Å². The van der Waals surface area contributed by atoms with Crippen LogP contribution in [0.5, 0.6) is 0 Å². The summed E-state index contributed by atoms with van der Waals surface area (Å²) in [5.74, 6) is -0.932. The van der Waals surface area contributed by atoms with Crippen molar-refractivity contribution in [3.05, 3.63) is 0 Å². The molecule has 0 saturated heterocycles. The molecule has 0 aliphatic rings. The van der Waals surface area contributed by atoms with Gasteiger partial charge in [0.05, 0.1) is 27.7 Å². The lowest BCUT2D eigenvalue weighted by Gasteiger charge is -2.28. The highest BCUT2D eigenvalue weighted by Gasteiger charge is 2.21. The van der Waals surface area contributed by atoms with Gasteiger partial charge in [0.1, 0.15) is 19.8 Å². The van der Waals surface area contributed by atoms with Gasteiger partial charge in [-0.3, -0.25) is 14.2 Å². The number of unbranched alkanes of at least 4 members (excludes halogenated alkanes) is 12. The van der Waals surface area contributed by atoms with E-state index in [1.54, 1.807) is 6.92 Å². The SMILES string of the molecule is CCCCCCCCCCCCCCCC(=O)OC(COC(=O)CC)COP(=O)([O-])OCC[N+](C)(C)C. The third-order valence-electron chi connectivity index (χ3n) is 5.93. The molecule has 0 N–H and O–H groups in total. The Hall–Kier alpha value is -0.990. The molecule has 0 radical (unpaired) electrons. The molecule has 0 saturated carbocycles. The molecule has 10 heteroatoms. The summed E-state index contributed by atoms with van der Waals surface area (Å²) >= 11 is 0. The van der Waals surface area contributed by atoms with Gasteiger partial charge in [0.2, 0.25) is 0 Å². The molecule has 0 fully saturated rings. The van der Waals surface area contributed by atoms with Crippen LogP contribution < -0.4 is 4.89 Å². The fourth-order valence-electron chi connectivity index (χ4n) is 3.57. The quantitative estimate of drug-likeness (QED) is 0.0629. The summed E-state index contributed by atoms with van der Waals surface area (Å²) in [4.78, 5) is 35.8. The van der Waals surface area contributed by atoms with E-state index in [4.69, 9.17) is 18.5 Å². The fourth-order valence-corrected chi connectivity index (χ4v) is 4.30. The summed E-state index contributed by atoms with van der Waals surface area (Å²) in [5.41, 5.74) is 0. The van der Waals surface area contributed by atoms with Crippen LogP contribution in [0.4, 0.5) is 0 Å². The number of likely N-dealkylation sites (N-methyl/N-ethyl adjacent to an activating group) is 1. The number of phosphoric acid groups is 1. The van der Waals surface area contributed by atoms with Gasteiger partial charge in [-0.2, -0.15) is 0 Å². The van der Waals surface area contributed by atoms with Crippen molar-refractivity contribution >= 4 is 19.8 Å². The van der Waals surface area contributed by atoms with Crippen molar-refractivity contribution in [3.63, 3.8) is 0 Å². The van der Waals surface area contributed by atoms with E-state index in [9.17, 15) is 19.0 Å². The summed E-state index contributed by atoms with van der Waals surface area (Å²) in [7, 11) is 1.16. The Morgan fingerprint density at radius 1 is 0.757 bits per heavy atom. The summed E-state index contributed by atoms with van der Waals surface area (Å²) in [5, 5.41) is 0. The molecule has 0 bridgehead atoms. The van der Waals surface area contributed by atoms with Gasteiger partial charge in [0.15, 0.2) is 6.10 Å². The van der Waals surface area contributed by atoms with Gasteiger partial charge < -0.3 is 27.9 Å². The lowest BCUT2D eigenvalue weighted by Crippen LogP contribution is -2.37. The zero-order valence-corrected chi connectivity index (χ0v) is 25.1. The molecule has 2 unspecified atom stereocenters. The lowest BCUT2D eigenvalue weighted by atomic mass is 10.0. The second-order valence-electron chi connectivity index (χ2n) is 10.7. The highest BCUT2D eigenvalue weighted by Crippen LogP contribution is 2.38. The Morgan fingerprint density at radius 2 is 1.27 bits per heavy atom. The molecule has 220 valence electrons. The maximum absolute atomic E-state index is 12.3. The lowest BCUT2D eigenvalue weighted by molar-refractivity contribution is -0.870. The monoisotopic (exact) mass is 551 g/mol. The van der Waals surface area contributed by atoms with Crippen molar-refractivity contribution in [1.29, 1.82) is 0 Å². The van der Waals surface area contributed by atoms with E-state index in [2.05, 4.69) is 6.92 Å². The fraction of sp³-hybridized carbons (Fsp3) is 0.926. The van der Waals surface area contributed by atoms with E-state index < -0.39 is 32.5 Å². The van der Waals surface area contributed by atoms with Crippen LogP contribution in [0, 0.1) is 0 Å². The Kier molecular flexibility index (Phi) is 21.3. The number of quaternary nitrogens is 1. The number of hydrogen-bond acceptors (Lipinski definition) is 8. The number of ether oxygens (including phenoxy) is 2. The van der Waals surface area contributed by atoms with Crippen LogP contribution in [0.25, 0.3) is 0 Å². The molecule has 0 amide bonds. The third-order valence-corrected chi connectivity index (χ3v) is 6.90. The standard InChI is InChI=1S/C27H54NO8P/c1-6-8-9-10-11-12-13-14-15-16-17-18-19-20-27(30)36-25(23-33-26(29)7-2)24-35-37(31,32)34-22-21-28(3,4)5/h25H,6-24H2,1-5H3. The van der Waals surface area contributed by atoms with Crippen LogP contribution >= 0.6 is 7.82 Å². The first-order chi connectivity index (χ1) is 17.5. The summed E-state index contributed by atoms with van der Waals surface area (Å²) in [6.07, 6.45) is 15.1. The summed E-state index contributed by atoms with van der Waals surface area (Å²) in [6.45, 7) is 3.59. The van der Waals surface area contributed by atoms with Gasteiger partial charge in [-0.1, -0.05) is 90.9 Å². The van der Waals surface area contributed by atoms with Crippen molar-refractivity contribution < 1.29 is 42.1 Å².